The van der Waals surface area contributed by atoms with E-state index in [0.717, 1.165) is 43.7 Å². The summed E-state index contributed by atoms with van der Waals surface area (Å²) >= 11 is 0. The van der Waals surface area contributed by atoms with Gasteiger partial charge >= 0.3 is 18.2 Å². The summed E-state index contributed by atoms with van der Waals surface area (Å²) in [5.41, 5.74) is 2.07. The zero-order valence-electron chi connectivity index (χ0n) is 17.3. The molecule has 1 fully saturated rings. The highest BCUT2D eigenvalue weighted by molar-refractivity contribution is 5.88. The van der Waals surface area contributed by atoms with Crippen LogP contribution in [0.2, 0.25) is 0 Å². The van der Waals surface area contributed by atoms with Crippen molar-refractivity contribution in [2.24, 2.45) is 0 Å². The average molecular weight is 441 g/mol. The van der Waals surface area contributed by atoms with Gasteiger partial charge in [-0.1, -0.05) is 25.1 Å². The van der Waals surface area contributed by atoms with Crippen LogP contribution in [0.1, 0.15) is 25.3 Å². The second kappa shape index (κ2) is 10.8. The van der Waals surface area contributed by atoms with Crippen molar-refractivity contribution in [3.05, 3.63) is 42.1 Å². The van der Waals surface area contributed by atoms with Crippen molar-refractivity contribution in [1.82, 2.24) is 20.0 Å². The number of carbonyl (C=O) groups is 2. The molecule has 0 atom stereocenters. The van der Waals surface area contributed by atoms with Gasteiger partial charge in [0.25, 0.3) is 0 Å². The van der Waals surface area contributed by atoms with E-state index in [2.05, 4.69) is 27.6 Å². The summed E-state index contributed by atoms with van der Waals surface area (Å²) in [4.78, 5) is 23.6. The Labute approximate surface area is 178 Å². The smallest absolute Gasteiger partial charge is 0.475 e. The van der Waals surface area contributed by atoms with Crippen LogP contribution in [0.25, 0.3) is 5.69 Å². The van der Waals surface area contributed by atoms with Gasteiger partial charge in [-0.25, -0.2) is 14.3 Å². The minimum absolute atomic E-state index is 0.166. The van der Waals surface area contributed by atoms with E-state index >= 15 is 0 Å². The van der Waals surface area contributed by atoms with Crippen LogP contribution < -0.4 is 10.6 Å². The van der Waals surface area contributed by atoms with Gasteiger partial charge < -0.3 is 15.3 Å². The van der Waals surface area contributed by atoms with Gasteiger partial charge in [0.15, 0.2) is 0 Å². The topological polar surface area (TPSA) is 99.5 Å². The summed E-state index contributed by atoms with van der Waals surface area (Å²) < 4.78 is 33.5. The van der Waals surface area contributed by atoms with Gasteiger partial charge in [-0.05, 0) is 37.9 Å². The number of aryl methyl sites for hydroxylation is 1. The highest BCUT2D eigenvalue weighted by atomic mass is 19.4. The molecule has 170 valence electrons. The summed E-state index contributed by atoms with van der Waals surface area (Å²) in [7, 11) is 0. The molecular weight excluding hydrogens is 415 g/mol. The molecule has 2 amide bonds. The lowest BCUT2D eigenvalue weighted by molar-refractivity contribution is -0.192. The molecule has 0 unspecified atom stereocenters. The van der Waals surface area contributed by atoms with Crippen LogP contribution in [0.4, 0.5) is 23.8 Å². The number of alkyl halides is 3. The number of hydrogen-bond acceptors (Lipinski definition) is 4. The molecule has 2 heterocycles. The molecule has 3 rings (SSSR count). The number of nitrogens with one attached hydrogen (secondary N) is 2. The molecule has 1 aromatic carbocycles. The van der Waals surface area contributed by atoms with E-state index in [9.17, 15) is 18.0 Å². The fourth-order valence-electron chi connectivity index (χ4n) is 3.12. The van der Waals surface area contributed by atoms with Crippen LogP contribution >= 0.6 is 0 Å². The number of hydrogen-bond donors (Lipinski definition) is 3. The fraction of sp³-hybridized carbons (Fsp3) is 0.450. The number of carboxylic acid groups (broad SMARTS) is 1. The predicted octanol–water partition coefficient (Wildman–Crippen LogP) is 3.42. The van der Waals surface area contributed by atoms with E-state index in [0.29, 0.717) is 5.82 Å². The number of amides is 2. The molecule has 31 heavy (non-hydrogen) atoms. The standard InChI is InChI=1S/C18H25N5O.C2HF3O2/c1-3-22-12-9-15(10-13-22)20-18(24)21-17-8-11-19-23(17)16-7-5-4-6-14(16)2;3-2(4,5)1(6)7/h4-8,11,15H,3,9-10,12-13H2,1-2H3,(H2,20,21,24);(H,6,7). The first-order valence-electron chi connectivity index (χ1n) is 9.81. The number of urea groups is 1. The van der Waals surface area contributed by atoms with Crippen LogP contribution in [0.3, 0.4) is 0 Å². The lowest BCUT2D eigenvalue weighted by atomic mass is 10.1. The minimum Gasteiger partial charge on any atom is -0.475 e. The molecule has 11 heteroatoms. The van der Waals surface area contributed by atoms with Crippen LogP contribution in [0, 0.1) is 6.92 Å². The molecule has 0 radical (unpaired) electrons. The van der Waals surface area contributed by atoms with Crippen LogP contribution in [-0.2, 0) is 4.79 Å². The van der Waals surface area contributed by atoms with Crippen molar-refractivity contribution >= 4 is 17.8 Å². The van der Waals surface area contributed by atoms with E-state index in [-0.39, 0.29) is 12.1 Å². The van der Waals surface area contributed by atoms with Crippen molar-refractivity contribution in [2.75, 3.05) is 25.0 Å². The largest absolute Gasteiger partial charge is 0.490 e. The quantitative estimate of drug-likeness (QED) is 0.675. The Morgan fingerprint density at radius 2 is 1.81 bits per heavy atom. The van der Waals surface area contributed by atoms with Gasteiger partial charge in [0, 0.05) is 25.2 Å². The monoisotopic (exact) mass is 441 g/mol. The number of carbonyl (C=O) groups excluding carboxylic acids is 1. The Bertz CT molecular complexity index is 877. The number of halogens is 3. The zero-order valence-corrected chi connectivity index (χ0v) is 17.3. The van der Waals surface area contributed by atoms with Crippen molar-refractivity contribution in [2.45, 2.75) is 38.9 Å². The SMILES string of the molecule is CCN1CCC(NC(=O)Nc2ccnn2-c2ccccc2C)CC1.O=C(O)C(F)(F)F. The lowest BCUT2D eigenvalue weighted by Gasteiger charge is -2.31. The summed E-state index contributed by atoms with van der Waals surface area (Å²) in [6.07, 6.45) is -1.39. The average Bonchev–Trinajstić information content (AvgIpc) is 3.16. The Kier molecular flexibility index (Phi) is 8.43. The van der Waals surface area contributed by atoms with E-state index < -0.39 is 12.1 Å². The first-order chi connectivity index (χ1) is 14.6. The molecule has 1 saturated heterocycles. The Morgan fingerprint density at radius 1 is 1.19 bits per heavy atom. The van der Waals surface area contributed by atoms with Crippen LogP contribution in [0.5, 0.6) is 0 Å². The molecule has 1 aliphatic heterocycles. The molecule has 0 saturated carbocycles. The van der Waals surface area contributed by atoms with Gasteiger partial charge in [-0.15, -0.1) is 0 Å². The van der Waals surface area contributed by atoms with Crippen LogP contribution in [-0.4, -0.2) is 63.6 Å². The summed E-state index contributed by atoms with van der Waals surface area (Å²) in [6, 6.07) is 9.86. The maximum absolute atomic E-state index is 12.3. The highest BCUT2D eigenvalue weighted by Gasteiger charge is 2.38. The summed E-state index contributed by atoms with van der Waals surface area (Å²) in [6.45, 7) is 7.37. The minimum atomic E-state index is -5.08. The molecule has 2 aromatic rings. The van der Waals surface area contributed by atoms with Gasteiger partial charge in [0.05, 0.1) is 11.9 Å². The molecular formula is C20H26F3N5O3. The first-order valence-corrected chi connectivity index (χ1v) is 9.81. The Morgan fingerprint density at radius 3 is 2.35 bits per heavy atom. The van der Waals surface area contributed by atoms with Crippen molar-refractivity contribution in [1.29, 1.82) is 0 Å². The van der Waals surface area contributed by atoms with Gasteiger partial charge in [-0.3, -0.25) is 5.32 Å². The third-order valence-electron chi connectivity index (χ3n) is 4.84. The molecule has 0 bridgehead atoms. The number of rotatable bonds is 4. The zero-order chi connectivity index (χ0) is 23.0. The number of para-hydroxylation sites is 1. The van der Waals surface area contributed by atoms with Gasteiger partial charge in [-0.2, -0.15) is 18.3 Å². The number of anilines is 1. The number of carboxylic acids is 1. The van der Waals surface area contributed by atoms with Crippen molar-refractivity contribution in [3.63, 3.8) is 0 Å². The van der Waals surface area contributed by atoms with Gasteiger partial charge in [0.1, 0.15) is 5.82 Å². The number of aliphatic carboxylic acids is 1. The third-order valence-corrected chi connectivity index (χ3v) is 4.84. The van der Waals surface area contributed by atoms with E-state index in [1.54, 1.807) is 10.9 Å². The molecule has 1 aromatic heterocycles. The van der Waals surface area contributed by atoms with E-state index in [4.69, 9.17) is 9.90 Å². The second-order valence-electron chi connectivity index (χ2n) is 7.02. The normalized spacial score (nSPS) is 15.0. The molecule has 0 spiro atoms. The van der Waals surface area contributed by atoms with Crippen molar-refractivity contribution in [3.8, 4) is 5.69 Å². The maximum Gasteiger partial charge on any atom is 0.490 e. The molecule has 1 aliphatic rings. The Balaban J connectivity index is 0.000000423. The first kappa shape index (κ1) is 24.2. The molecule has 0 aliphatic carbocycles. The molecule has 3 N–H and O–H groups in total. The summed E-state index contributed by atoms with van der Waals surface area (Å²) in [5, 5.41) is 17.5. The Hall–Kier alpha value is -3.08. The van der Waals surface area contributed by atoms with Gasteiger partial charge in [0.2, 0.25) is 0 Å². The highest BCUT2D eigenvalue weighted by Crippen LogP contribution is 2.18. The van der Waals surface area contributed by atoms with E-state index in [1.165, 1.54) is 0 Å². The second-order valence-corrected chi connectivity index (χ2v) is 7.02. The predicted molar refractivity (Wildman–Crippen MR) is 109 cm³/mol. The summed E-state index contributed by atoms with van der Waals surface area (Å²) in [5.74, 6) is -2.08. The number of aromatic nitrogens is 2. The third kappa shape index (κ3) is 7.28. The molecule has 8 nitrogen and oxygen atoms in total. The van der Waals surface area contributed by atoms with E-state index in [1.807, 2.05) is 37.3 Å². The van der Waals surface area contributed by atoms with Crippen molar-refractivity contribution < 1.29 is 27.9 Å². The maximum atomic E-state index is 12.3. The number of likely N-dealkylation sites (tertiary alicyclic amines) is 1. The lowest BCUT2D eigenvalue weighted by Crippen LogP contribution is -2.46. The van der Waals surface area contributed by atoms with Crippen LogP contribution in [0.15, 0.2) is 36.5 Å². The number of benzene rings is 1. The number of piperidine rings is 1. The fourth-order valence-corrected chi connectivity index (χ4v) is 3.12. The number of nitrogens with zero attached hydrogens (tertiary/aromatic N) is 3.